The Bertz CT molecular complexity index is 2750. The van der Waals surface area contributed by atoms with Gasteiger partial charge in [-0.2, -0.15) is 0 Å². The monoisotopic (exact) mass is 999 g/mol. The number of cyclic esters (lactones) is 1. The Labute approximate surface area is 423 Å². The van der Waals surface area contributed by atoms with E-state index in [0.29, 0.717) is 45.4 Å². The summed E-state index contributed by atoms with van der Waals surface area (Å²) < 4.78 is 104. The first-order valence-electron chi connectivity index (χ1n) is 24.5. The Hall–Kier alpha value is -6.59. The van der Waals surface area contributed by atoms with Gasteiger partial charge in [0.25, 0.3) is 5.92 Å². The van der Waals surface area contributed by atoms with Crippen LogP contribution in [-0.2, 0) is 59.6 Å². The van der Waals surface area contributed by atoms with Crippen molar-refractivity contribution >= 4 is 5.97 Å². The molecular formula is C58H59F2NO12. The highest BCUT2D eigenvalue weighted by atomic mass is 19.3. The second kappa shape index (κ2) is 22.7. The number of methoxy groups -OCH3 is 3. The molecule has 3 heterocycles. The van der Waals surface area contributed by atoms with E-state index in [1.807, 2.05) is 133 Å². The fourth-order valence-corrected chi connectivity index (χ4v) is 10.6. The number of nitrogens with one attached hydrogen (secondary N) is 1. The van der Waals surface area contributed by atoms with E-state index in [1.54, 1.807) is 12.1 Å². The van der Waals surface area contributed by atoms with Gasteiger partial charge >= 0.3 is 5.97 Å². The molecule has 2 saturated heterocycles. The number of rotatable bonds is 21. The van der Waals surface area contributed by atoms with Gasteiger partial charge in [0, 0.05) is 17.9 Å². The molecule has 73 heavy (non-hydrogen) atoms. The Morgan fingerprint density at radius 2 is 1.11 bits per heavy atom. The quantitative estimate of drug-likeness (QED) is 0.0688. The molecule has 3 aliphatic heterocycles. The number of ether oxygens (including phenoxy) is 11. The topological polar surface area (TPSA) is 131 Å². The van der Waals surface area contributed by atoms with Crippen LogP contribution in [0, 0.1) is 11.8 Å². The molecule has 0 spiro atoms. The number of carbonyl (C=O) groups is 1. The molecule has 6 aromatic rings. The van der Waals surface area contributed by atoms with E-state index in [2.05, 4.69) is 5.32 Å². The SMILES string of the molecule is COc1cc([C@@H]2c3cc4c(cc3[C@@H](NCC(F)(F)[C@@H]3O[C@H](COCc5ccccc5)[C@@H](OCc5ccccc5)[C@H](OCc5ccccc5)[C@H]3OCc3ccccc3)[C@H]3COC(=O)[C@H]23)OCO4)cc(OC)c1OC. The molecule has 6 aromatic carbocycles. The Kier molecular flexibility index (Phi) is 15.5. The van der Waals surface area contributed by atoms with Crippen molar-refractivity contribution in [2.24, 2.45) is 11.8 Å². The van der Waals surface area contributed by atoms with Gasteiger partial charge in [-0.3, -0.25) is 4.79 Å². The first-order valence-corrected chi connectivity index (χ1v) is 24.5. The molecule has 4 aliphatic rings. The van der Waals surface area contributed by atoms with Crippen LogP contribution in [0.15, 0.2) is 146 Å². The average molecular weight is 1000 g/mol. The van der Waals surface area contributed by atoms with Crippen molar-refractivity contribution < 1.29 is 65.7 Å². The Balaban J connectivity index is 1.02. The zero-order valence-corrected chi connectivity index (χ0v) is 40.9. The Morgan fingerprint density at radius 1 is 0.603 bits per heavy atom. The predicted octanol–water partition coefficient (Wildman–Crippen LogP) is 9.38. The van der Waals surface area contributed by atoms with Crippen LogP contribution in [0.2, 0.25) is 0 Å². The van der Waals surface area contributed by atoms with E-state index < -0.39 is 72.8 Å². The van der Waals surface area contributed by atoms with Crippen LogP contribution in [0.3, 0.4) is 0 Å². The van der Waals surface area contributed by atoms with Crippen LogP contribution in [0.1, 0.15) is 50.9 Å². The van der Waals surface area contributed by atoms with Crippen molar-refractivity contribution in [2.45, 2.75) is 74.8 Å². The molecule has 15 heteroatoms. The summed E-state index contributed by atoms with van der Waals surface area (Å²) in [4.78, 5) is 14.1. The van der Waals surface area contributed by atoms with Crippen molar-refractivity contribution in [2.75, 3.05) is 47.9 Å². The van der Waals surface area contributed by atoms with Crippen molar-refractivity contribution in [3.63, 3.8) is 0 Å². The van der Waals surface area contributed by atoms with Gasteiger partial charge in [-0.25, -0.2) is 8.78 Å². The van der Waals surface area contributed by atoms with E-state index in [1.165, 1.54) is 21.3 Å². The van der Waals surface area contributed by atoms with Gasteiger partial charge in [0.2, 0.25) is 12.5 Å². The van der Waals surface area contributed by atoms with Gasteiger partial charge < -0.3 is 57.4 Å². The largest absolute Gasteiger partial charge is 0.493 e. The molecule has 2 fully saturated rings. The minimum atomic E-state index is -3.65. The second-order valence-electron chi connectivity index (χ2n) is 18.6. The zero-order valence-electron chi connectivity index (χ0n) is 40.9. The van der Waals surface area contributed by atoms with Gasteiger partial charge in [-0.1, -0.05) is 121 Å². The maximum atomic E-state index is 18.1. The molecule has 13 nitrogen and oxygen atoms in total. The van der Waals surface area contributed by atoms with Crippen LogP contribution < -0.4 is 29.0 Å². The summed E-state index contributed by atoms with van der Waals surface area (Å²) in [5, 5.41) is 3.25. The van der Waals surface area contributed by atoms with Crippen molar-refractivity contribution in [3.05, 3.63) is 185 Å². The predicted molar refractivity (Wildman–Crippen MR) is 264 cm³/mol. The van der Waals surface area contributed by atoms with Gasteiger partial charge in [0.15, 0.2) is 29.1 Å². The van der Waals surface area contributed by atoms with Crippen molar-refractivity contribution in [1.29, 1.82) is 0 Å². The summed E-state index contributed by atoms with van der Waals surface area (Å²) in [5.74, 6) is -4.07. The zero-order chi connectivity index (χ0) is 50.3. The standard InChI is InChI=1S/C58H59F2NO12/c1-63-46-24-40(25-47(64-2)52(46)65-3)49-41-26-44-45(72-35-71-44)27-42(41)51(43-32-70-57(62)50(43)49)61-34-58(59,60)56-55(69-31-39-22-14-7-15-23-39)54(68-30-38-20-12-6-13-21-38)53(67-29-37-18-10-5-11-19-37)48(73-56)33-66-28-36-16-8-4-9-17-36/h4-27,43,48-51,53-56,61H,28-35H2,1-3H3/t43-,48+,49+,50-,51+,53+,54-,55+,56+/m0/s1. The molecule has 0 unspecified atom stereocenters. The third-order valence-electron chi connectivity index (χ3n) is 14.1. The summed E-state index contributed by atoms with van der Waals surface area (Å²) in [7, 11) is 4.55. The molecule has 9 atom stereocenters. The van der Waals surface area contributed by atoms with Crippen LogP contribution in [0.25, 0.3) is 0 Å². The highest BCUT2D eigenvalue weighted by Crippen LogP contribution is 2.56. The van der Waals surface area contributed by atoms with Crippen LogP contribution in [0.5, 0.6) is 28.7 Å². The van der Waals surface area contributed by atoms with Gasteiger partial charge in [0.1, 0.15) is 24.4 Å². The molecule has 0 radical (unpaired) electrons. The molecule has 0 bridgehead atoms. The van der Waals surface area contributed by atoms with Crippen LogP contribution in [-0.4, -0.2) is 90.3 Å². The Morgan fingerprint density at radius 3 is 1.64 bits per heavy atom. The number of fused-ring (bicyclic) bond motifs is 3. The third-order valence-corrected chi connectivity index (χ3v) is 14.1. The van der Waals surface area contributed by atoms with Gasteiger partial charge in [-0.15, -0.1) is 0 Å². The average Bonchev–Trinajstić information content (AvgIpc) is 4.06. The second-order valence-corrected chi connectivity index (χ2v) is 18.6. The molecule has 1 aliphatic carbocycles. The van der Waals surface area contributed by atoms with E-state index in [-0.39, 0.29) is 46.4 Å². The van der Waals surface area contributed by atoms with Crippen molar-refractivity contribution in [3.8, 4) is 28.7 Å². The number of esters is 1. The van der Waals surface area contributed by atoms with Crippen LogP contribution in [0.4, 0.5) is 8.78 Å². The maximum Gasteiger partial charge on any atom is 0.310 e. The first-order chi connectivity index (χ1) is 35.7. The van der Waals surface area contributed by atoms with E-state index >= 15 is 8.78 Å². The van der Waals surface area contributed by atoms with E-state index in [9.17, 15) is 4.79 Å². The lowest BCUT2D eigenvalue weighted by Crippen LogP contribution is -2.66. The highest BCUT2D eigenvalue weighted by Gasteiger charge is 2.59. The normalized spacial score (nSPS) is 24.1. The molecule has 0 saturated carbocycles. The number of carbonyl (C=O) groups excluding carboxylic acids is 1. The lowest BCUT2D eigenvalue weighted by atomic mass is 9.65. The molecule has 10 rings (SSSR count). The minimum absolute atomic E-state index is 0.0185. The number of hydrogen-bond acceptors (Lipinski definition) is 13. The number of halogens is 2. The van der Waals surface area contributed by atoms with Crippen LogP contribution >= 0.6 is 0 Å². The lowest BCUT2D eigenvalue weighted by Gasteiger charge is -2.48. The van der Waals surface area contributed by atoms with Gasteiger partial charge in [0.05, 0.1) is 73.4 Å². The summed E-state index contributed by atoms with van der Waals surface area (Å²) in [6, 6.07) is 44.5. The molecule has 382 valence electrons. The number of benzene rings is 6. The number of alkyl halides is 2. The van der Waals surface area contributed by atoms with Gasteiger partial charge in [-0.05, 0) is 63.2 Å². The maximum absolute atomic E-state index is 18.1. The summed E-state index contributed by atoms with van der Waals surface area (Å²) >= 11 is 0. The summed E-state index contributed by atoms with van der Waals surface area (Å²) in [5.41, 5.74) is 5.38. The molecular weight excluding hydrogens is 941 g/mol. The number of hydrogen-bond donors (Lipinski definition) is 1. The fourth-order valence-electron chi connectivity index (χ4n) is 10.6. The van der Waals surface area contributed by atoms with E-state index in [0.717, 1.165) is 22.3 Å². The first kappa shape index (κ1) is 50.0. The van der Waals surface area contributed by atoms with E-state index in [4.69, 9.17) is 52.1 Å². The van der Waals surface area contributed by atoms with Crippen molar-refractivity contribution in [1.82, 2.24) is 5.32 Å². The smallest absolute Gasteiger partial charge is 0.310 e. The summed E-state index contributed by atoms with van der Waals surface area (Å²) in [6.07, 6.45) is -6.31. The molecule has 1 N–H and O–H groups in total. The summed E-state index contributed by atoms with van der Waals surface area (Å²) in [6.45, 7) is -0.639. The highest BCUT2D eigenvalue weighted by molar-refractivity contribution is 5.79. The fraction of sp³-hybridized carbons (Fsp3) is 0.362. The molecule has 0 amide bonds. The third kappa shape index (κ3) is 10.9. The lowest BCUT2D eigenvalue weighted by molar-refractivity contribution is -0.309. The molecule has 0 aromatic heterocycles. The minimum Gasteiger partial charge on any atom is -0.493 e.